The van der Waals surface area contributed by atoms with E-state index in [0.717, 1.165) is 32.1 Å². The number of methoxy groups -OCH3 is 1. The summed E-state index contributed by atoms with van der Waals surface area (Å²) in [5.41, 5.74) is 4.61. The molecule has 0 aliphatic carbocycles. The summed E-state index contributed by atoms with van der Waals surface area (Å²) >= 11 is 0. The molecule has 4 aromatic rings. The van der Waals surface area contributed by atoms with Gasteiger partial charge < -0.3 is 15.0 Å². The van der Waals surface area contributed by atoms with Gasteiger partial charge in [-0.3, -0.25) is 13.9 Å². The predicted octanol–water partition coefficient (Wildman–Crippen LogP) is 5.98. The standard InChI is InChI=1S/C37H43N3O5S/c1-26(2)38-37(42)34(23-30-13-8-7-9-14-30)39(24-31-15-11-10-12-29(31)5)36(41)25-40(33-22-28(4)18-21-35(33)45-6)46(43,44)32-19-16-27(3)17-20-32/h7-22,26,34H,23-25H2,1-6H3,(H,38,42)/t34-/m1/s1. The number of benzene rings is 4. The lowest BCUT2D eigenvalue weighted by Crippen LogP contribution is -2.54. The maximum atomic E-state index is 14.7. The summed E-state index contributed by atoms with van der Waals surface area (Å²) in [7, 11) is -2.79. The van der Waals surface area contributed by atoms with E-state index in [2.05, 4.69) is 5.32 Å². The zero-order chi connectivity index (χ0) is 33.4. The number of carbonyl (C=O) groups is 2. The molecule has 0 fully saturated rings. The van der Waals surface area contributed by atoms with Gasteiger partial charge in [0, 0.05) is 19.0 Å². The van der Waals surface area contributed by atoms with Crippen molar-refractivity contribution in [3.63, 3.8) is 0 Å². The van der Waals surface area contributed by atoms with Crippen LogP contribution in [0.5, 0.6) is 5.75 Å². The molecular formula is C37H43N3O5S. The van der Waals surface area contributed by atoms with Crippen LogP contribution in [0, 0.1) is 20.8 Å². The topological polar surface area (TPSA) is 96.0 Å². The van der Waals surface area contributed by atoms with E-state index in [-0.39, 0.29) is 35.5 Å². The maximum absolute atomic E-state index is 14.7. The Kier molecular flexibility index (Phi) is 11.2. The number of hydrogen-bond acceptors (Lipinski definition) is 5. The molecule has 46 heavy (non-hydrogen) atoms. The highest BCUT2D eigenvalue weighted by Crippen LogP contribution is 2.34. The molecule has 0 unspecified atom stereocenters. The molecule has 0 saturated carbocycles. The summed E-state index contributed by atoms with van der Waals surface area (Å²) < 4.78 is 35.4. The van der Waals surface area contributed by atoms with E-state index in [1.807, 2.05) is 95.3 Å². The van der Waals surface area contributed by atoms with E-state index in [1.165, 1.54) is 24.1 Å². The SMILES string of the molecule is COc1ccc(C)cc1N(CC(=O)N(Cc1ccccc1C)[C@H](Cc1ccccc1)C(=O)NC(C)C)S(=O)(=O)c1ccc(C)cc1. The molecule has 0 radical (unpaired) electrons. The average molecular weight is 642 g/mol. The van der Waals surface area contributed by atoms with Gasteiger partial charge in [0.2, 0.25) is 11.8 Å². The normalized spacial score (nSPS) is 12.0. The van der Waals surface area contributed by atoms with Gasteiger partial charge in [-0.05, 0) is 81.1 Å². The second kappa shape index (κ2) is 15.1. The zero-order valence-electron chi connectivity index (χ0n) is 27.4. The van der Waals surface area contributed by atoms with Crippen LogP contribution in [0.2, 0.25) is 0 Å². The Hall–Kier alpha value is -4.63. The van der Waals surface area contributed by atoms with Gasteiger partial charge in [-0.2, -0.15) is 0 Å². The summed E-state index contributed by atoms with van der Waals surface area (Å²) in [4.78, 5) is 30.1. The summed E-state index contributed by atoms with van der Waals surface area (Å²) in [5, 5.41) is 2.99. The summed E-state index contributed by atoms with van der Waals surface area (Å²) in [6.07, 6.45) is 0.246. The van der Waals surface area contributed by atoms with Gasteiger partial charge in [-0.15, -0.1) is 0 Å². The summed E-state index contributed by atoms with van der Waals surface area (Å²) in [6.45, 7) is 8.96. The molecule has 4 rings (SSSR count). The third-order valence-electron chi connectivity index (χ3n) is 7.79. The number of nitrogens with zero attached hydrogens (tertiary/aromatic N) is 2. The molecule has 0 aromatic heterocycles. The Balaban J connectivity index is 1.86. The Bertz CT molecular complexity index is 1760. The van der Waals surface area contributed by atoms with E-state index in [1.54, 1.807) is 24.3 Å². The fraction of sp³-hybridized carbons (Fsp3) is 0.297. The average Bonchev–Trinajstić information content (AvgIpc) is 3.02. The molecule has 1 atom stereocenters. The van der Waals surface area contributed by atoms with E-state index in [9.17, 15) is 18.0 Å². The van der Waals surface area contributed by atoms with Gasteiger partial charge in [0.05, 0.1) is 17.7 Å². The van der Waals surface area contributed by atoms with Gasteiger partial charge in [0.15, 0.2) is 0 Å². The lowest BCUT2D eigenvalue weighted by Gasteiger charge is -2.34. The van der Waals surface area contributed by atoms with Crippen molar-refractivity contribution >= 4 is 27.5 Å². The lowest BCUT2D eigenvalue weighted by atomic mass is 10.0. The molecular weight excluding hydrogens is 598 g/mol. The van der Waals surface area contributed by atoms with Gasteiger partial charge >= 0.3 is 0 Å². The van der Waals surface area contributed by atoms with E-state index < -0.39 is 28.5 Å². The Morgan fingerprint density at radius 3 is 2.09 bits per heavy atom. The van der Waals surface area contributed by atoms with E-state index in [0.29, 0.717) is 5.75 Å². The molecule has 0 aliphatic heterocycles. The van der Waals surface area contributed by atoms with Crippen molar-refractivity contribution in [2.24, 2.45) is 0 Å². The number of anilines is 1. The van der Waals surface area contributed by atoms with Crippen LogP contribution in [0.1, 0.15) is 41.7 Å². The van der Waals surface area contributed by atoms with Crippen molar-refractivity contribution in [3.05, 3.63) is 125 Å². The van der Waals surface area contributed by atoms with Crippen molar-refractivity contribution in [2.75, 3.05) is 18.0 Å². The highest BCUT2D eigenvalue weighted by Gasteiger charge is 2.36. The fourth-order valence-corrected chi connectivity index (χ4v) is 6.67. The molecule has 0 spiro atoms. The van der Waals surface area contributed by atoms with Gasteiger partial charge in [0.1, 0.15) is 18.3 Å². The van der Waals surface area contributed by atoms with E-state index >= 15 is 0 Å². The Labute approximate surface area is 273 Å². The van der Waals surface area contributed by atoms with Crippen LogP contribution in [-0.2, 0) is 32.6 Å². The first-order valence-electron chi connectivity index (χ1n) is 15.3. The van der Waals surface area contributed by atoms with Gasteiger partial charge in [0.25, 0.3) is 10.0 Å². The molecule has 0 bridgehead atoms. The molecule has 1 N–H and O–H groups in total. The number of rotatable bonds is 13. The zero-order valence-corrected chi connectivity index (χ0v) is 28.2. The van der Waals surface area contributed by atoms with Crippen molar-refractivity contribution in [3.8, 4) is 5.75 Å². The first-order valence-corrected chi connectivity index (χ1v) is 16.8. The summed E-state index contributed by atoms with van der Waals surface area (Å²) in [5.74, 6) is -0.540. The third kappa shape index (κ3) is 8.34. The smallest absolute Gasteiger partial charge is 0.264 e. The first kappa shape index (κ1) is 34.2. The number of aryl methyl sites for hydroxylation is 3. The van der Waals surface area contributed by atoms with Crippen LogP contribution in [0.4, 0.5) is 5.69 Å². The molecule has 0 heterocycles. The number of ether oxygens (including phenoxy) is 1. The second-order valence-corrected chi connectivity index (χ2v) is 13.7. The lowest BCUT2D eigenvalue weighted by molar-refractivity contribution is -0.140. The van der Waals surface area contributed by atoms with Crippen LogP contribution < -0.4 is 14.4 Å². The minimum absolute atomic E-state index is 0.0401. The van der Waals surface area contributed by atoms with Gasteiger partial charge in [-0.25, -0.2) is 8.42 Å². The number of hydrogen-bond donors (Lipinski definition) is 1. The Morgan fingerprint density at radius 1 is 0.826 bits per heavy atom. The summed E-state index contributed by atoms with van der Waals surface area (Å²) in [6, 6.07) is 27.8. The second-order valence-electron chi connectivity index (χ2n) is 11.8. The predicted molar refractivity (Wildman–Crippen MR) is 182 cm³/mol. The van der Waals surface area contributed by atoms with Gasteiger partial charge in [-0.1, -0.05) is 78.4 Å². The Morgan fingerprint density at radius 2 is 1.46 bits per heavy atom. The van der Waals surface area contributed by atoms with Crippen molar-refractivity contribution in [1.82, 2.24) is 10.2 Å². The number of carbonyl (C=O) groups excluding carboxylic acids is 2. The van der Waals surface area contributed by atoms with Crippen LogP contribution >= 0.6 is 0 Å². The van der Waals surface area contributed by atoms with Crippen LogP contribution in [0.25, 0.3) is 0 Å². The van der Waals surface area contributed by atoms with Crippen molar-refractivity contribution < 1.29 is 22.7 Å². The third-order valence-corrected chi connectivity index (χ3v) is 9.57. The minimum Gasteiger partial charge on any atom is -0.495 e. The monoisotopic (exact) mass is 641 g/mol. The molecule has 0 saturated heterocycles. The van der Waals surface area contributed by atoms with Crippen LogP contribution in [0.15, 0.2) is 102 Å². The minimum atomic E-state index is -4.25. The molecule has 4 aromatic carbocycles. The fourth-order valence-electron chi connectivity index (χ4n) is 5.25. The number of nitrogens with one attached hydrogen (secondary N) is 1. The molecule has 2 amide bonds. The van der Waals surface area contributed by atoms with E-state index in [4.69, 9.17) is 4.74 Å². The molecule has 242 valence electrons. The molecule has 8 nitrogen and oxygen atoms in total. The largest absolute Gasteiger partial charge is 0.495 e. The first-order chi connectivity index (χ1) is 21.9. The maximum Gasteiger partial charge on any atom is 0.264 e. The quantitative estimate of drug-likeness (QED) is 0.194. The number of amides is 2. The van der Waals surface area contributed by atoms with Crippen LogP contribution in [-0.4, -0.2) is 50.9 Å². The van der Waals surface area contributed by atoms with Crippen LogP contribution in [0.3, 0.4) is 0 Å². The van der Waals surface area contributed by atoms with Crippen molar-refractivity contribution in [1.29, 1.82) is 0 Å². The van der Waals surface area contributed by atoms with Crippen molar-refractivity contribution in [2.45, 2.75) is 64.6 Å². The number of sulfonamides is 1. The molecule has 0 aliphatic rings. The highest BCUT2D eigenvalue weighted by molar-refractivity contribution is 7.92. The molecule has 9 heteroatoms. The highest BCUT2D eigenvalue weighted by atomic mass is 32.2.